The molecule has 2 aromatic carbocycles. The van der Waals surface area contributed by atoms with Crippen molar-refractivity contribution in [3.8, 4) is 17.0 Å². The zero-order valence-electron chi connectivity index (χ0n) is 13.5. The van der Waals surface area contributed by atoms with Crippen LogP contribution in [0.1, 0.15) is 23.5 Å². The Balaban J connectivity index is 1.99. The molecule has 0 aliphatic heterocycles. The van der Waals surface area contributed by atoms with Crippen LogP contribution in [-0.4, -0.2) is 18.0 Å². The monoisotopic (exact) mass is 338 g/mol. The highest BCUT2D eigenvalue weighted by Gasteiger charge is 2.20. The number of aromatic nitrogens is 1. The lowest BCUT2D eigenvalue weighted by Crippen LogP contribution is -2.26. The summed E-state index contributed by atoms with van der Waals surface area (Å²) in [7, 11) is 1.65. The minimum absolute atomic E-state index is 0.0853. The SMILES string of the molecule is COc1ccccc1-c1csc(C(NC(C)=O)c2ccccc2)n1. The summed E-state index contributed by atoms with van der Waals surface area (Å²) in [4.78, 5) is 16.4. The maximum atomic E-state index is 11.6. The summed E-state index contributed by atoms with van der Waals surface area (Å²) in [6.45, 7) is 1.52. The number of rotatable bonds is 5. The van der Waals surface area contributed by atoms with Gasteiger partial charge in [0.05, 0.1) is 12.8 Å². The fourth-order valence-electron chi connectivity index (χ4n) is 2.54. The predicted molar refractivity (Wildman–Crippen MR) is 96.2 cm³/mol. The number of hydrogen-bond acceptors (Lipinski definition) is 4. The Bertz CT molecular complexity index is 830. The van der Waals surface area contributed by atoms with E-state index >= 15 is 0 Å². The lowest BCUT2D eigenvalue weighted by Gasteiger charge is -2.15. The van der Waals surface area contributed by atoms with Gasteiger partial charge >= 0.3 is 0 Å². The number of carbonyl (C=O) groups excluding carboxylic acids is 1. The lowest BCUT2D eigenvalue weighted by molar-refractivity contribution is -0.119. The molecule has 24 heavy (non-hydrogen) atoms. The van der Waals surface area contributed by atoms with Crippen molar-refractivity contribution < 1.29 is 9.53 Å². The molecule has 0 fully saturated rings. The van der Waals surface area contributed by atoms with Crippen molar-refractivity contribution >= 4 is 17.2 Å². The Morgan fingerprint density at radius 3 is 2.54 bits per heavy atom. The van der Waals surface area contributed by atoms with E-state index in [9.17, 15) is 4.79 Å². The fraction of sp³-hybridized carbons (Fsp3) is 0.158. The first-order chi connectivity index (χ1) is 11.7. The summed E-state index contributed by atoms with van der Waals surface area (Å²) in [6.07, 6.45) is 0. The second kappa shape index (κ2) is 7.27. The van der Waals surface area contributed by atoms with E-state index in [-0.39, 0.29) is 11.9 Å². The largest absolute Gasteiger partial charge is 0.496 e. The van der Waals surface area contributed by atoms with E-state index in [1.54, 1.807) is 7.11 Å². The quantitative estimate of drug-likeness (QED) is 0.764. The number of nitrogens with one attached hydrogen (secondary N) is 1. The molecule has 3 rings (SSSR count). The van der Waals surface area contributed by atoms with Gasteiger partial charge in [-0.15, -0.1) is 11.3 Å². The van der Waals surface area contributed by atoms with E-state index in [2.05, 4.69) is 5.32 Å². The number of thiazole rings is 1. The standard InChI is InChI=1S/C19H18N2O2S/c1-13(22)20-18(14-8-4-3-5-9-14)19-21-16(12-24-19)15-10-6-7-11-17(15)23-2/h3-12,18H,1-2H3,(H,20,22). The van der Waals surface area contributed by atoms with Crippen molar-refractivity contribution in [1.29, 1.82) is 0 Å². The molecule has 0 radical (unpaired) electrons. The van der Waals surface area contributed by atoms with E-state index in [1.165, 1.54) is 18.3 Å². The van der Waals surface area contributed by atoms with Gasteiger partial charge in [-0.25, -0.2) is 4.98 Å². The van der Waals surface area contributed by atoms with Gasteiger partial charge < -0.3 is 10.1 Å². The van der Waals surface area contributed by atoms with E-state index < -0.39 is 0 Å². The van der Waals surface area contributed by atoms with Crippen LogP contribution in [0, 0.1) is 0 Å². The van der Waals surface area contributed by atoms with Gasteiger partial charge in [-0.1, -0.05) is 42.5 Å². The first-order valence-corrected chi connectivity index (χ1v) is 8.48. The molecule has 4 nitrogen and oxygen atoms in total. The third-order valence-corrected chi connectivity index (χ3v) is 4.54. The van der Waals surface area contributed by atoms with E-state index in [1.807, 2.05) is 60.0 Å². The average molecular weight is 338 g/mol. The molecule has 122 valence electrons. The van der Waals surface area contributed by atoms with Gasteiger partial charge in [-0.3, -0.25) is 4.79 Å². The first-order valence-electron chi connectivity index (χ1n) is 7.60. The molecule has 1 heterocycles. The molecule has 0 spiro atoms. The summed E-state index contributed by atoms with van der Waals surface area (Å²) >= 11 is 1.53. The molecule has 0 saturated heterocycles. The number of ether oxygens (including phenoxy) is 1. The molecular weight excluding hydrogens is 320 g/mol. The van der Waals surface area contributed by atoms with Gasteiger partial charge in [0, 0.05) is 17.9 Å². The number of methoxy groups -OCH3 is 1. The molecule has 1 unspecified atom stereocenters. The van der Waals surface area contributed by atoms with Crippen molar-refractivity contribution in [1.82, 2.24) is 10.3 Å². The molecule has 5 heteroatoms. The van der Waals surface area contributed by atoms with Crippen LogP contribution >= 0.6 is 11.3 Å². The summed E-state index contributed by atoms with van der Waals surface area (Å²) in [5, 5.41) is 5.82. The van der Waals surface area contributed by atoms with Gasteiger partial charge in [-0.05, 0) is 17.7 Å². The molecule has 1 atom stereocenters. The Labute approximate surface area is 145 Å². The zero-order valence-corrected chi connectivity index (χ0v) is 14.3. The minimum atomic E-state index is -0.253. The lowest BCUT2D eigenvalue weighted by atomic mass is 10.1. The minimum Gasteiger partial charge on any atom is -0.496 e. The Kier molecular flexibility index (Phi) is 4.91. The van der Waals surface area contributed by atoms with Crippen LogP contribution in [-0.2, 0) is 4.79 Å². The average Bonchev–Trinajstić information content (AvgIpc) is 3.10. The molecular formula is C19H18N2O2S. The maximum absolute atomic E-state index is 11.6. The van der Waals surface area contributed by atoms with E-state index in [0.29, 0.717) is 0 Å². The molecule has 0 bridgehead atoms. The van der Waals surface area contributed by atoms with Gasteiger partial charge in [0.2, 0.25) is 5.91 Å². The van der Waals surface area contributed by atoms with E-state index in [4.69, 9.17) is 9.72 Å². The molecule has 1 N–H and O–H groups in total. The molecule has 0 aliphatic rings. The van der Waals surface area contributed by atoms with Gasteiger partial charge in [0.1, 0.15) is 16.8 Å². The van der Waals surface area contributed by atoms with Crippen molar-refractivity contribution in [2.75, 3.05) is 7.11 Å². The van der Waals surface area contributed by atoms with Crippen LogP contribution < -0.4 is 10.1 Å². The van der Waals surface area contributed by atoms with Crippen LogP contribution in [0.2, 0.25) is 0 Å². The van der Waals surface area contributed by atoms with Crippen LogP contribution in [0.5, 0.6) is 5.75 Å². The molecule has 0 saturated carbocycles. The summed E-state index contributed by atoms with van der Waals surface area (Å²) in [5.74, 6) is 0.697. The highest BCUT2D eigenvalue weighted by molar-refractivity contribution is 7.10. The predicted octanol–water partition coefficient (Wildman–Crippen LogP) is 4.04. The number of para-hydroxylation sites is 1. The van der Waals surface area contributed by atoms with Gasteiger partial charge in [0.15, 0.2) is 0 Å². The third kappa shape index (κ3) is 3.46. The van der Waals surface area contributed by atoms with Crippen LogP contribution in [0.15, 0.2) is 60.0 Å². The highest BCUT2D eigenvalue weighted by Crippen LogP contribution is 2.33. The number of nitrogens with zero attached hydrogens (tertiary/aromatic N) is 1. The van der Waals surface area contributed by atoms with Crippen molar-refractivity contribution in [2.24, 2.45) is 0 Å². The molecule has 0 aliphatic carbocycles. The Hall–Kier alpha value is -2.66. The molecule has 3 aromatic rings. The maximum Gasteiger partial charge on any atom is 0.217 e. The van der Waals surface area contributed by atoms with Crippen LogP contribution in [0.3, 0.4) is 0 Å². The summed E-state index contributed by atoms with van der Waals surface area (Å²) in [5.41, 5.74) is 2.80. The topological polar surface area (TPSA) is 51.2 Å². The van der Waals surface area contributed by atoms with Gasteiger partial charge in [0.25, 0.3) is 0 Å². The van der Waals surface area contributed by atoms with E-state index in [0.717, 1.165) is 27.6 Å². The van der Waals surface area contributed by atoms with Crippen LogP contribution in [0.4, 0.5) is 0 Å². The van der Waals surface area contributed by atoms with Crippen molar-refractivity contribution in [3.05, 3.63) is 70.5 Å². The first kappa shape index (κ1) is 16.2. The molecule has 1 aromatic heterocycles. The Morgan fingerprint density at radius 2 is 1.83 bits per heavy atom. The smallest absolute Gasteiger partial charge is 0.217 e. The van der Waals surface area contributed by atoms with Gasteiger partial charge in [-0.2, -0.15) is 0 Å². The van der Waals surface area contributed by atoms with Crippen molar-refractivity contribution in [2.45, 2.75) is 13.0 Å². The second-order valence-corrected chi connectivity index (χ2v) is 6.21. The number of amides is 1. The molecule has 1 amide bonds. The number of hydrogen-bond donors (Lipinski definition) is 1. The summed E-state index contributed by atoms with van der Waals surface area (Å²) in [6, 6.07) is 17.4. The normalized spacial score (nSPS) is 11.8. The highest BCUT2D eigenvalue weighted by atomic mass is 32.1. The summed E-state index contributed by atoms with van der Waals surface area (Å²) < 4.78 is 5.41. The fourth-order valence-corrected chi connectivity index (χ4v) is 3.43. The second-order valence-electron chi connectivity index (χ2n) is 5.32. The Morgan fingerprint density at radius 1 is 1.12 bits per heavy atom. The number of carbonyl (C=O) groups is 1. The third-order valence-electron chi connectivity index (χ3n) is 3.63. The van der Waals surface area contributed by atoms with Crippen LogP contribution in [0.25, 0.3) is 11.3 Å². The zero-order chi connectivity index (χ0) is 16.9. The van der Waals surface area contributed by atoms with Crippen molar-refractivity contribution in [3.63, 3.8) is 0 Å². The number of benzene rings is 2.